The average molecular weight is 169 g/mol. The van der Waals surface area contributed by atoms with Crippen molar-refractivity contribution >= 4 is 0 Å². The second-order valence-corrected chi connectivity index (χ2v) is 3.17. The van der Waals surface area contributed by atoms with E-state index in [2.05, 4.69) is 31.3 Å². The average Bonchev–Trinajstić information content (AvgIpc) is 2.10. The van der Waals surface area contributed by atoms with Gasteiger partial charge in [-0.25, -0.2) is 0 Å². The summed E-state index contributed by atoms with van der Waals surface area (Å²) >= 11 is 0. The SMILES string of the molecule is CC=CCCCCCNCCC. The number of rotatable bonds is 8. The molecule has 0 fully saturated rings. The Labute approximate surface area is 77.2 Å². The van der Waals surface area contributed by atoms with Gasteiger partial charge in [-0.3, -0.25) is 0 Å². The lowest BCUT2D eigenvalue weighted by molar-refractivity contribution is 0.601. The van der Waals surface area contributed by atoms with Gasteiger partial charge in [-0.2, -0.15) is 0 Å². The van der Waals surface area contributed by atoms with Gasteiger partial charge in [-0.1, -0.05) is 25.5 Å². The molecule has 0 aromatic rings. The second kappa shape index (κ2) is 10.7. The van der Waals surface area contributed by atoms with Gasteiger partial charge in [-0.05, 0) is 45.7 Å². The summed E-state index contributed by atoms with van der Waals surface area (Å²) in [7, 11) is 0. The molecule has 0 aliphatic rings. The minimum Gasteiger partial charge on any atom is -0.317 e. The topological polar surface area (TPSA) is 12.0 Å². The first-order valence-electron chi connectivity index (χ1n) is 5.23. The molecule has 0 atom stereocenters. The highest BCUT2D eigenvalue weighted by Crippen LogP contribution is 1.99. The molecular formula is C11H23N. The summed E-state index contributed by atoms with van der Waals surface area (Å²) in [5.41, 5.74) is 0. The summed E-state index contributed by atoms with van der Waals surface area (Å²) in [4.78, 5) is 0. The number of hydrogen-bond acceptors (Lipinski definition) is 1. The van der Waals surface area contributed by atoms with Crippen LogP contribution in [0, 0.1) is 0 Å². The smallest absolute Gasteiger partial charge is 0.00489 e. The lowest BCUT2D eigenvalue weighted by Gasteiger charge is -2.01. The predicted octanol–water partition coefficient (Wildman–Crippen LogP) is 3.12. The van der Waals surface area contributed by atoms with E-state index in [4.69, 9.17) is 0 Å². The molecule has 0 amide bonds. The van der Waals surface area contributed by atoms with E-state index < -0.39 is 0 Å². The van der Waals surface area contributed by atoms with Gasteiger partial charge < -0.3 is 5.32 Å². The quantitative estimate of drug-likeness (QED) is 0.435. The van der Waals surface area contributed by atoms with Crippen LogP contribution in [0.2, 0.25) is 0 Å². The minimum atomic E-state index is 1.18. The Morgan fingerprint density at radius 2 is 1.92 bits per heavy atom. The Kier molecular flexibility index (Phi) is 10.4. The number of unbranched alkanes of at least 4 members (excludes halogenated alkanes) is 3. The predicted molar refractivity (Wildman–Crippen MR) is 56.4 cm³/mol. The molecule has 1 nitrogen and oxygen atoms in total. The van der Waals surface area contributed by atoms with Crippen molar-refractivity contribution in [2.45, 2.75) is 46.0 Å². The van der Waals surface area contributed by atoms with Gasteiger partial charge in [0.2, 0.25) is 0 Å². The van der Waals surface area contributed by atoms with Crippen molar-refractivity contribution in [3.8, 4) is 0 Å². The zero-order valence-corrected chi connectivity index (χ0v) is 8.60. The first-order chi connectivity index (χ1) is 5.91. The van der Waals surface area contributed by atoms with Gasteiger partial charge in [0.05, 0.1) is 0 Å². The molecule has 0 saturated carbocycles. The highest BCUT2D eigenvalue weighted by atomic mass is 14.8. The van der Waals surface area contributed by atoms with Crippen LogP contribution in [0.4, 0.5) is 0 Å². The Bertz CT molecular complexity index is 97.2. The Balaban J connectivity index is 2.81. The molecule has 0 bridgehead atoms. The molecule has 0 radical (unpaired) electrons. The maximum absolute atomic E-state index is 3.41. The zero-order valence-electron chi connectivity index (χ0n) is 8.60. The molecule has 12 heavy (non-hydrogen) atoms. The van der Waals surface area contributed by atoms with Crippen LogP contribution in [-0.4, -0.2) is 13.1 Å². The van der Waals surface area contributed by atoms with Crippen molar-refractivity contribution in [1.82, 2.24) is 5.32 Å². The van der Waals surface area contributed by atoms with Crippen molar-refractivity contribution in [1.29, 1.82) is 0 Å². The third-order valence-corrected chi connectivity index (χ3v) is 1.89. The highest BCUT2D eigenvalue weighted by Gasteiger charge is 1.87. The first-order valence-corrected chi connectivity index (χ1v) is 5.23. The fourth-order valence-electron chi connectivity index (χ4n) is 1.16. The highest BCUT2D eigenvalue weighted by molar-refractivity contribution is 4.76. The largest absolute Gasteiger partial charge is 0.317 e. The minimum absolute atomic E-state index is 1.18. The molecule has 0 unspecified atom stereocenters. The lowest BCUT2D eigenvalue weighted by atomic mass is 10.2. The van der Waals surface area contributed by atoms with Gasteiger partial charge in [0.15, 0.2) is 0 Å². The molecule has 0 aromatic heterocycles. The molecule has 0 aliphatic heterocycles. The molecule has 1 heteroatoms. The van der Waals surface area contributed by atoms with E-state index in [9.17, 15) is 0 Å². The number of allylic oxidation sites excluding steroid dienone is 2. The Hall–Kier alpha value is -0.300. The molecule has 0 spiro atoms. The summed E-state index contributed by atoms with van der Waals surface area (Å²) in [5, 5.41) is 3.41. The van der Waals surface area contributed by atoms with Crippen molar-refractivity contribution in [2.75, 3.05) is 13.1 Å². The standard InChI is InChI=1S/C11H23N/c1-3-5-6-7-8-9-11-12-10-4-2/h3,5,12H,4,6-11H2,1-2H3. The van der Waals surface area contributed by atoms with E-state index in [-0.39, 0.29) is 0 Å². The fraction of sp³-hybridized carbons (Fsp3) is 0.818. The third kappa shape index (κ3) is 9.70. The Morgan fingerprint density at radius 3 is 2.58 bits per heavy atom. The van der Waals surface area contributed by atoms with Crippen LogP contribution in [0.5, 0.6) is 0 Å². The van der Waals surface area contributed by atoms with Crippen LogP contribution in [-0.2, 0) is 0 Å². The molecule has 0 saturated heterocycles. The maximum Gasteiger partial charge on any atom is -0.00489 e. The fourth-order valence-corrected chi connectivity index (χ4v) is 1.16. The van der Waals surface area contributed by atoms with E-state index in [0.717, 1.165) is 0 Å². The third-order valence-electron chi connectivity index (χ3n) is 1.89. The van der Waals surface area contributed by atoms with E-state index in [1.165, 1.54) is 45.2 Å². The van der Waals surface area contributed by atoms with Gasteiger partial charge in [-0.15, -0.1) is 0 Å². The number of hydrogen-bond donors (Lipinski definition) is 1. The van der Waals surface area contributed by atoms with Gasteiger partial charge >= 0.3 is 0 Å². The summed E-state index contributed by atoms with van der Waals surface area (Å²) in [6.07, 6.45) is 10.9. The summed E-state index contributed by atoms with van der Waals surface area (Å²) < 4.78 is 0. The van der Waals surface area contributed by atoms with E-state index >= 15 is 0 Å². The maximum atomic E-state index is 3.41. The number of nitrogens with one attached hydrogen (secondary N) is 1. The van der Waals surface area contributed by atoms with Crippen LogP contribution in [0.25, 0.3) is 0 Å². The molecule has 0 heterocycles. The van der Waals surface area contributed by atoms with E-state index in [0.29, 0.717) is 0 Å². The molecule has 0 rings (SSSR count). The van der Waals surface area contributed by atoms with Crippen molar-refractivity contribution in [3.63, 3.8) is 0 Å². The molecule has 72 valence electrons. The van der Waals surface area contributed by atoms with Crippen LogP contribution in [0.3, 0.4) is 0 Å². The van der Waals surface area contributed by atoms with Gasteiger partial charge in [0.1, 0.15) is 0 Å². The van der Waals surface area contributed by atoms with Crippen LogP contribution in [0.1, 0.15) is 46.0 Å². The zero-order chi connectivity index (χ0) is 9.07. The van der Waals surface area contributed by atoms with Crippen LogP contribution in [0.15, 0.2) is 12.2 Å². The van der Waals surface area contributed by atoms with Crippen LogP contribution >= 0.6 is 0 Å². The van der Waals surface area contributed by atoms with Crippen LogP contribution < -0.4 is 5.32 Å². The Morgan fingerprint density at radius 1 is 1.08 bits per heavy atom. The summed E-state index contributed by atoms with van der Waals surface area (Å²) in [6.45, 7) is 6.67. The molecule has 0 aliphatic carbocycles. The first kappa shape index (κ1) is 11.7. The molecule has 0 aromatic carbocycles. The van der Waals surface area contributed by atoms with Crippen molar-refractivity contribution in [3.05, 3.63) is 12.2 Å². The van der Waals surface area contributed by atoms with Gasteiger partial charge in [0.25, 0.3) is 0 Å². The van der Waals surface area contributed by atoms with Crippen molar-refractivity contribution in [2.24, 2.45) is 0 Å². The second-order valence-electron chi connectivity index (χ2n) is 3.17. The summed E-state index contributed by atoms with van der Waals surface area (Å²) in [5.74, 6) is 0. The van der Waals surface area contributed by atoms with Gasteiger partial charge in [0, 0.05) is 0 Å². The monoisotopic (exact) mass is 169 g/mol. The van der Waals surface area contributed by atoms with E-state index in [1.807, 2.05) is 0 Å². The molecule has 1 N–H and O–H groups in total. The lowest BCUT2D eigenvalue weighted by Crippen LogP contribution is -2.15. The molecular weight excluding hydrogens is 146 g/mol. The van der Waals surface area contributed by atoms with Crippen molar-refractivity contribution < 1.29 is 0 Å². The summed E-state index contributed by atoms with van der Waals surface area (Å²) in [6, 6.07) is 0. The van der Waals surface area contributed by atoms with E-state index in [1.54, 1.807) is 0 Å². The normalized spacial score (nSPS) is 11.2.